The summed E-state index contributed by atoms with van der Waals surface area (Å²) in [6.07, 6.45) is 0. The molecule has 0 radical (unpaired) electrons. The fraction of sp³-hybridized carbons (Fsp3) is 0.400. The summed E-state index contributed by atoms with van der Waals surface area (Å²) in [6, 6.07) is 6.46. The molecular weight excluding hydrogens is 272 g/mol. The monoisotopic (exact) mass is 290 g/mol. The van der Waals surface area contributed by atoms with Crippen LogP contribution >= 0.6 is 0 Å². The van der Waals surface area contributed by atoms with Gasteiger partial charge in [0, 0.05) is 6.07 Å². The van der Waals surface area contributed by atoms with Gasteiger partial charge in [0.05, 0.1) is 24.4 Å². The first kappa shape index (κ1) is 16.5. The number of amides is 1. The van der Waals surface area contributed by atoms with E-state index in [2.05, 4.69) is 5.32 Å². The van der Waals surface area contributed by atoms with Crippen LogP contribution in [0, 0.1) is 22.7 Å². The average molecular weight is 290 g/mol. The minimum absolute atomic E-state index is 0.306. The Hall–Kier alpha value is -2.55. The molecule has 112 valence electrons. The maximum absolute atomic E-state index is 12.2. The Labute approximate surface area is 123 Å². The Morgan fingerprint density at radius 1 is 1.38 bits per heavy atom. The van der Waals surface area contributed by atoms with Crippen molar-refractivity contribution in [3.05, 3.63) is 23.8 Å². The van der Waals surface area contributed by atoms with E-state index in [-0.39, 0.29) is 0 Å². The molecule has 1 amide bonds. The van der Waals surface area contributed by atoms with Gasteiger partial charge in [0.2, 0.25) is 5.91 Å². The van der Waals surface area contributed by atoms with Crippen LogP contribution in [0.25, 0.3) is 0 Å². The van der Waals surface area contributed by atoms with Gasteiger partial charge in [-0.1, -0.05) is 20.8 Å². The number of nitrogens with one attached hydrogen (secondary N) is 1. The second-order valence-electron chi connectivity index (χ2n) is 5.65. The normalized spacial score (nSPS) is 12.1. The number of hydrogen-bond donors (Lipinski definition) is 2. The van der Waals surface area contributed by atoms with E-state index in [1.807, 2.05) is 6.07 Å². The molecule has 1 unspecified atom stereocenters. The number of carboxylic acid groups (broad SMARTS) is 1. The number of carboxylic acids is 1. The summed E-state index contributed by atoms with van der Waals surface area (Å²) in [7, 11) is 1.41. The van der Waals surface area contributed by atoms with Gasteiger partial charge in [-0.25, -0.2) is 0 Å². The van der Waals surface area contributed by atoms with Gasteiger partial charge < -0.3 is 15.2 Å². The molecule has 0 aliphatic heterocycles. The molecule has 2 N–H and O–H groups in total. The molecule has 1 atom stereocenters. The molecule has 6 nitrogen and oxygen atoms in total. The number of anilines is 1. The van der Waals surface area contributed by atoms with Crippen molar-refractivity contribution in [2.24, 2.45) is 11.3 Å². The number of rotatable bonds is 4. The Morgan fingerprint density at radius 2 is 2.00 bits per heavy atom. The Bertz CT molecular complexity index is 597. The summed E-state index contributed by atoms with van der Waals surface area (Å²) < 4.78 is 5.10. The predicted molar refractivity (Wildman–Crippen MR) is 76.9 cm³/mol. The third kappa shape index (κ3) is 3.96. The first-order valence-corrected chi connectivity index (χ1v) is 6.32. The van der Waals surface area contributed by atoms with Crippen LogP contribution in [0.5, 0.6) is 5.75 Å². The quantitative estimate of drug-likeness (QED) is 0.828. The second kappa shape index (κ2) is 6.27. The number of ether oxygens (including phenoxy) is 1. The molecular formula is C15H18N2O4. The molecule has 0 spiro atoms. The zero-order chi connectivity index (χ0) is 16.2. The van der Waals surface area contributed by atoms with Crippen LogP contribution in [-0.2, 0) is 9.59 Å². The summed E-state index contributed by atoms with van der Waals surface area (Å²) in [5, 5.41) is 20.6. The van der Waals surface area contributed by atoms with E-state index >= 15 is 0 Å². The Kier molecular flexibility index (Phi) is 4.93. The van der Waals surface area contributed by atoms with Gasteiger partial charge in [-0.2, -0.15) is 5.26 Å². The Balaban J connectivity index is 3.08. The number of benzene rings is 1. The van der Waals surface area contributed by atoms with Crippen molar-refractivity contribution in [2.45, 2.75) is 20.8 Å². The first-order chi connectivity index (χ1) is 9.70. The Morgan fingerprint density at radius 3 is 2.43 bits per heavy atom. The third-order valence-corrected chi connectivity index (χ3v) is 2.96. The van der Waals surface area contributed by atoms with Crippen LogP contribution in [-0.4, -0.2) is 24.1 Å². The highest BCUT2D eigenvalue weighted by molar-refractivity contribution is 6.05. The predicted octanol–water partition coefficient (Wildman–Crippen LogP) is 2.25. The zero-order valence-corrected chi connectivity index (χ0v) is 12.4. The molecule has 0 bridgehead atoms. The molecule has 0 aromatic heterocycles. The minimum atomic E-state index is -1.20. The van der Waals surface area contributed by atoms with Gasteiger partial charge in [0.25, 0.3) is 0 Å². The van der Waals surface area contributed by atoms with Crippen LogP contribution < -0.4 is 10.1 Å². The van der Waals surface area contributed by atoms with E-state index in [4.69, 9.17) is 10.00 Å². The van der Waals surface area contributed by atoms with E-state index in [0.717, 1.165) is 0 Å². The van der Waals surface area contributed by atoms with E-state index < -0.39 is 23.2 Å². The lowest BCUT2D eigenvalue weighted by molar-refractivity contribution is -0.149. The largest absolute Gasteiger partial charge is 0.495 e. The molecule has 0 aliphatic rings. The number of carbonyl (C=O) groups excluding carboxylic acids is 1. The van der Waals surface area contributed by atoms with E-state index in [1.165, 1.54) is 25.3 Å². The standard InChI is InChI=1S/C15H18N2O4/c1-15(2,3)12(14(19)20)13(18)17-10-6-5-9(8-16)7-11(10)21-4/h5-7,12H,1-4H3,(H,17,18)(H,19,20). The van der Waals surface area contributed by atoms with Gasteiger partial charge in [-0.05, 0) is 17.5 Å². The third-order valence-electron chi connectivity index (χ3n) is 2.96. The average Bonchev–Trinajstić information content (AvgIpc) is 2.36. The molecule has 0 fully saturated rings. The molecule has 1 aromatic carbocycles. The maximum atomic E-state index is 12.2. The van der Waals surface area contributed by atoms with Crippen molar-refractivity contribution in [3.63, 3.8) is 0 Å². The lowest BCUT2D eigenvalue weighted by Gasteiger charge is -2.26. The van der Waals surface area contributed by atoms with Crippen LogP contribution in [0.4, 0.5) is 5.69 Å². The van der Waals surface area contributed by atoms with Crippen molar-refractivity contribution in [1.29, 1.82) is 5.26 Å². The molecule has 0 heterocycles. The number of nitrogens with zero attached hydrogens (tertiary/aromatic N) is 1. The van der Waals surface area contributed by atoms with Crippen LogP contribution in [0.3, 0.4) is 0 Å². The summed E-state index contributed by atoms with van der Waals surface area (Å²) >= 11 is 0. The van der Waals surface area contributed by atoms with E-state index in [9.17, 15) is 14.7 Å². The molecule has 1 rings (SSSR count). The van der Waals surface area contributed by atoms with Crippen molar-refractivity contribution in [2.75, 3.05) is 12.4 Å². The fourth-order valence-electron chi connectivity index (χ4n) is 1.94. The number of nitriles is 1. The molecule has 0 aliphatic carbocycles. The maximum Gasteiger partial charge on any atom is 0.316 e. The lowest BCUT2D eigenvalue weighted by atomic mass is 9.80. The summed E-state index contributed by atoms with van der Waals surface area (Å²) in [4.78, 5) is 23.5. The van der Waals surface area contributed by atoms with E-state index in [1.54, 1.807) is 20.8 Å². The molecule has 0 saturated heterocycles. The van der Waals surface area contributed by atoms with Crippen molar-refractivity contribution >= 4 is 17.6 Å². The SMILES string of the molecule is COc1cc(C#N)ccc1NC(=O)C(C(=O)O)C(C)(C)C. The smallest absolute Gasteiger partial charge is 0.316 e. The number of carbonyl (C=O) groups is 2. The van der Waals surface area contributed by atoms with Gasteiger partial charge in [0.1, 0.15) is 11.7 Å². The number of methoxy groups -OCH3 is 1. The number of aliphatic carboxylic acids is 1. The second-order valence-corrected chi connectivity index (χ2v) is 5.65. The van der Waals surface area contributed by atoms with Crippen LogP contribution in [0.2, 0.25) is 0 Å². The highest BCUT2D eigenvalue weighted by Crippen LogP contribution is 2.30. The summed E-state index contributed by atoms with van der Waals surface area (Å²) in [5.74, 6) is -2.70. The van der Waals surface area contributed by atoms with Gasteiger partial charge in [-0.15, -0.1) is 0 Å². The first-order valence-electron chi connectivity index (χ1n) is 6.32. The topological polar surface area (TPSA) is 99.4 Å². The zero-order valence-electron chi connectivity index (χ0n) is 12.4. The van der Waals surface area contributed by atoms with Crippen molar-refractivity contribution in [3.8, 4) is 11.8 Å². The summed E-state index contributed by atoms with van der Waals surface area (Å²) in [5.41, 5.74) is -0.0112. The molecule has 1 aromatic rings. The molecule has 21 heavy (non-hydrogen) atoms. The van der Waals surface area contributed by atoms with Crippen molar-refractivity contribution in [1.82, 2.24) is 0 Å². The summed E-state index contributed by atoms with van der Waals surface area (Å²) in [6.45, 7) is 5.05. The van der Waals surface area contributed by atoms with Gasteiger partial charge in [-0.3, -0.25) is 9.59 Å². The highest BCUT2D eigenvalue weighted by atomic mass is 16.5. The van der Waals surface area contributed by atoms with Crippen LogP contribution in [0.1, 0.15) is 26.3 Å². The van der Waals surface area contributed by atoms with Gasteiger partial charge in [0.15, 0.2) is 0 Å². The van der Waals surface area contributed by atoms with Gasteiger partial charge >= 0.3 is 5.97 Å². The number of hydrogen-bond acceptors (Lipinski definition) is 4. The molecule has 0 saturated carbocycles. The minimum Gasteiger partial charge on any atom is -0.495 e. The fourth-order valence-corrected chi connectivity index (χ4v) is 1.94. The van der Waals surface area contributed by atoms with Crippen molar-refractivity contribution < 1.29 is 19.4 Å². The van der Waals surface area contributed by atoms with E-state index in [0.29, 0.717) is 17.0 Å². The molecule has 6 heteroatoms. The van der Waals surface area contributed by atoms with Crippen LogP contribution in [0.15, 0.2) is 18.2 Å². The highest BCUT2D eigenvalue weighted by Gasteiger charge is 2.37. The lowest BCUT2D eigenvalue weighted by Crippen LogP contribution is -2.39.